The fourth-order valence-electron chi connectivity index (χ4n) is 3.09. The molecule has 7 nitrogen and oxygen atoms in total. The van der Waals surface area contributed by atoms with E-state index in [1.807, 2.05) is 25.1 Å². The number of rotatable bonds is 7. The summed E-state index contributed by atoms with van der Waals surface area (Å²) in [7, 11) is 0. The number of fused-ring (bicyclic) bond motifs is 1. The van der Waals surface area contributed by atoms with Crippen LogP contribution < -0.4 is 20.1 Å². The first-order valence-corrected chi connectivity index (χ1v) is 10.9. The molecule has 0 saturated heterocycles. The van der Waals surface area contributed by atoms with Gasteiger partial charge in [0, 0.05) is 24.3 Å². The molecule has 3 aromatic rings. The Morgan fingerprint density at radius 2 is 1.97 bits per heavy atom. The van der Waals surface area contributed by atoms with Crippen LogP contribution in [0, 0.1) is 6.92 Å². The zero-order chi connectivity index (χ0) is 21.8. The summed E-state index contributed by atoms with van der Waals surface area (Å²) in [5.74, 6) is 0.962. The van der Waals surface area contributed by atoms with E-state index in [0.29, 0.717) is 22.1 Å². The minimum absolute atomic E-state index is 0.131. The van der Waals surface area contributed by atoms with Gasteiger partial charge in [0.05, 0.1) is 16.3 Å². The summed E-state index contributed by atoms with van der Waals surface area (Å²) < 4.78 is 10.8. The van der Waals surface area contributed by atoms with E-state index < -0.39 is 0 Å². The Morgan fingerprint density at radius 3 is 2.81 bits per heavy atom. The third-order valence-corrected chi connectivity index (χ3v) is 6.10. The summed E-state index contributed by atoms with van der Waals surface area (Å²) >= 11 is 7.45. The second-order valence-electron chi connectivity index (χ2n) is 6.93. The van der Waals surface area contributed by atoms with Crippen LogP contribution in [0.1, 0.15) is 32.9 Å². The number of benzene rings is 2. The van der Waals surface area contributed by atoms with Gasteiger partial charge in [0.25, 0.3) is 5.91 Å². The lowest BCUT2D eigenvalue weighted by atomic mass is 10.1. The van der Waals surface area contributed by atoms with Crippen LogP contribution in [0.3, 0.4) is 0 Å². The molecule has 0 saturated carbocycles. The van der Waals surface area contributed by atoms with Crippen LogP contribution in [-0.2, 0) is 11.2 Å². The second-order valence-corrected chi connectivity index (χ2v) is 8.42. The first kappa shape index (κ1) is 21.1. The quantitative estimate of drug-likeness (QED) is 0.555. The monoisotopic (exact) mass is 457 g/mol. The van der Waals surface area contributed by atoms with Gasteiger partial charge in [-0.3, -0.25) is 9.59 Å². The molecule has 0 aliphatic carbocycles. The Hall–Kier alpha value is -3.10. The highest BCUT2D eigenvalue weighted by molar-refractivity contribution is 7.15. The maximum absolute atomic E-state index is 12.3. The van der Waals surface area contributed by atoms with Gasteiger partial charge in [0.2, 0.25) is 12.7 Å². The summed E-state index contributed by atoms with van der Waals surface area (Å²) in [5, 5.41) is 6.42. The molecular formula is C22H20ClN3O4S. The van der Waals surface area contributed by atoms with Crippen molar-refractivity contribution in [2.45, 2.75) is 19.8 Å². The van der Waals surface area contributed by atoms with Crippen LogP contribution >= 0.6 is 22.9 Å². The zero-order valence-corrected chi connectivity index (χ0v) is 18.3. The summed E-state index contributed by atoms with van der Waals surface area (Å²) in [4.78, 5) is 29.9. The number of carbonyl (C=O) groups excluding carboxylic acids is 2. The topological polar surface area (TPSA) is 89.6 Å². The van der Waals surface area contributed by atoms with Crippen LogP contribution in [0.4, 0.5) is 5.13 Å². The minimum atomic E-state index is -0.311. The standard InChI is InChI=1S/C22H20ClN3O4S/c1-13-19(11-14-6-7-17-18(10-14)30-12-29-17)31-22(25-13)26-20(27)8-9-24-21(28)15-4-2-3-5-16(15)23/h2-7,10H,8-9,11-12H2,1H3,(H,24,28)(H,25,26,27). The predicted molar refractivity (Wildman–Crippen MR) is 119 cm³/mol. The molecule has 1 aromatic heterocycles. The average Bonchev–Trinajstić information content (AvgIpc) is 3.34. The van der Waals surface area contributed by atoms with Crippen LogP contribution in [0.15, 0.2) is 42.5 Å². The lowest BCUT2D eigenvalue weighted by Crippen LogP contribution is -2.27. The molecule has 160 valence electrons. The van der Waals surface area contributed by atoms with Crippen molar-refractivity contribution in [2.75, 3.05) is 18.7 Å². The molecule has 2 N–H and O–H groups in total. The van der Waals surface area contributed by atoms with Crippen molar-refractivity contribution in [3.05, 3.63) is 69.2 Å². The maximum Gasteiger partial charge on any atom is 0.252 e. The number of nitrogens with zero attached hydrogens (tertiary/aromatic N) is 1. The second kappa shape index (κ2) is 9.36. The van der Waals surface area contributed by atoms with Gasteiger partial charge in [-0.05, 0) is 36.8 Å². The van der Waals surface area contributed by atoms with E-state index in [-0.39, 0.29) is 31.6 Å². The van der Waals surface area contributed by atoms with Crippen LogP contribution in [0.25, 0.3) is 0 Å². The van der Waals surface area contributed by atoms with E-state index in [0.717, 1.165) is 27.6 Å². The van der Waals surface area contributed by atoms with Gasteiger partial charge in [0.1, 0.15) is 0 Å². The van der Waals surface area contributed by atoms with Gasteiger partial charge < -0.3 is 20.1 Å². The molecule has 0 unspecified atom stereocenters. The van der Waals surface area contributed by atoms with Gasteiger partial charge in [0.15, 0.2) is 16.6 Å². The van der Waals surface area contributed by atoms with E-state index in [4.69, 9.17) is 21.1 Å². The largest absolute Gasteiger partial charge is 0.454 e. The molecule has 9 heteroatoms. The number of halogens is 1. The molecule has 2 heterocycles. The number of hydrogen-bond donors (Lipinski definition) is 2. The fraction of sp³-hybridized carbons (Fsp3) is 0.227. The van der Waals surface area contributed by atoms with Crippen LogP contribution in [0.5, 0.6) is 11.5 Å². The number of carbonyl (C=O) groups is 2. The fourth-order valence-corrected chi connectivity index (χ4v) is 4.33. The first-order valence-electron chi connectivity index (χ1n) is 9.67. The third-order valence-electron chi connectivity index (χ3n) is 4.70. The van der Waals surface area contributed by atoms with Crippen molar-refractivity contribution < 1.29 is 19.1 Å². The molecule has 0 atom stereocenters. The molecule has 0 bridgehead atoms. The van der Waals surface area contributed by atoms with Gasteiger partial charge >= 0.3 is 0 Å². The lowest BCUT2D eigenvalue weighted by molar-refractivity contribution is -0.116. The molecular weight excluding hydrogens is 438 g/mol. The number of aryl methyl sites for hydroxylation is 1. The molecule has 0 radical (unpaired) electrons. The minimum Gasteiger partial charge on any atom is -0.454 e. The zero-order valence-electron chi connectivity index (χ0n) is 16.7. The van der Waals surface area contributed by atoms with Gasteiger partial charge in [-0.1, -0.05) is 29.8 Å². The number of anilines is 1. The molecule has 1 aliphatic heterocycles. The smallest absolute Gasteiger partial charge is 0.252 e. The number of ether oxygens (including phenoxy) is 2. The van der Waals surface area contributed by atoms with Gasteiger partial charge in [-0.15, -0.1) is 11.3 Å². The number of nitrogens with one attached hydrogen (secondary N) is 2. The normalized spacial score (nSPS) is 11.9. The third kappa shape index (κ3) is 5.15. The van der Waals surface area contributed by atoms with Crippen LogP contribution in [0.2, 0.25) is 5.02 Å². The first-order chi connectivity index (χ1) is 15.0. The SMILES string of the molecule is Cc1nc(NC(=O)CCNC(=O)c2ccccc2Cl)sc1Cc1ccc2c(c1)OCO2. The molecule has 4 rings (SSSR count). The lowest BCUT2D eigenvalue weighted by Gasteiger charge is -2.06. The Morgan fingerprint density at radius 1 is 1.16 bits per heavy atom. The van der Waals surface area contributed by atoms with Crippen molar-refractivity contribution >= 4 is 39.9 Å². The van der Waals surface area contributed by atoms with Crippen molar-refractivity contribution in [2.24, 2.45) is 0 Å². The predicted octanol–water partition coefficient (Wildman–Crippen LogP) is 4.18. The van der Waals surface area contributed by atoms with Crippen molar-refractivity contribution in [3.63, 3.8) is 0 Å². The van der Waals surface area contributed by atoms with Gasteiger partial charge in [-0.2, -0.15) is 0 Å². The highest BCUT2D eigenvalue weighted by Gasteiger charge is 2.16. The van der Waals surface area contributed by atoms with Crippen molar-refractivity contribution in [1.29, 1.82) is 0 Å². The van der Waals surface area contributed by atoms with Crippen molar-refractivity contribution in [3.8, 4) is 11.5 Å². The molecule has 31 heavy (non-hydrogen) atoms. The van der Waals surface area contributed by atoms with E-state index in [1.54, 1.807) is 24.3 Å². The average molecular weight is 458 g/mol. The Balaban J connectivity index is 1.29. The molecule has 0 spiro atoms. The molecule has 0 fully saturated rings. The number of thiazole rings is 1. The summed E-state index contributed by atoms with van der Waals surface area (Å²) in [5.41, 5.74) is 2.33. The summed E-state index contributed by atoms with van der Waals surface area (Å²) in [6, 6.07) is 12.6. The Labute approximate surface area is 188 Å². The molecule has 1 aliphatic rings. The highest BCUT2D eigenvalue weighted by atomic mass is 35.5. The van der Waals surface area contributed by atoms with E-state index in [9.17, 15) is 9.59 Å². The number of aromatic nitrogens is 1. The summed E-state index contributed by atoms with van der Waals surface area (Å²) in [6.45, 7) is 2.36. The Kier molecular flexibility index (Phi) is 6.39. The molecule has 2 aromatic carbocycles. The summed E-state index contributed by atoms with van der Waals surface area (Å²) in [6.07, 6.45) is 0.816. The maximum atomic E-state index is 12.3. The van der Waals surface area contributed by atoms with E-state index in [1.165, 1.54) is 11.3 Å². The molecule has 2 amide bonds. The number of amides is 2. The van der Waals surface area contributed by atoms with E-state index in [2.05, 4.69) is 15.6 Å². The highest BCUT2D eigenvalue weighted by Crippen LogP contribution is 2.34. The Bertz CT molecular complexity index is 1130. The number of hydrogen-bond acceptors (Lipinski definition) is 6. The van der Waals surface area contributed by atoms with Crippen LogP contribution in [-0.4, -0.2) is 30.1 Å². The van der Waals surface area contributed by atoms with Crippen molar-refractivity contribution in [1.82, 2.24) is 10.3 Å². The van der Waals surface area contributed by atoms with E-state index >= 15 is 0 Å². The van der Waals surface area contributed by atoms with Gasteiger partial charge in [-0.25, -0.2) is 4.98 Å².